The monoisotopic (exact) mass is 392 g/mol. The van der Waals surface area contributed by atoms with Crippen LogP contribution in [0.2, 0.25) is 5.02 Å². The van der Waals surface area contributed by atoms with Gasteiger partial charge in [0.1, 0.15) is 0 Å². The molecule has 144 valence electrons. The van der Waals surface area contributed by atoms with Crippen molar-refractivity contribution in [3.05, 3.63) is 70.9 Å². The first-order chi connectivity index (χ1) is 13.6. The number of hydrogen-bond acceptors (Lipinski definition) is 2. The first-order valence-corrected chi connectivity index (χ1v) is 10.3. The van der Waals surface area contributed by atoms with Gasteiger partial charge in [0, 0.05) is 10.4 Å². The molecule has 3 nitrogen and oxygen atoms in total. The second kappa shape index (κ2) is 7.92. The Morgan fingerprint density at radius 2 is 1.89 bits per heavy atom. The average molecular weight is 393 g/mol. The minimum absolute atomic E-state index is 0.108. The number of fused-ring (bicyclic) bond motifs is 1. The first-order valence-electron chi connectivity index (χ1n) is 9.97. The van der Waals surface area contributed by atoms with E-state index in [1.54, 1.807) is 6.20 Å². The Bertz CT molecular complexity index is 1010. The van der Waals surface area contributed by atoms with E-state index in [0.29, 0.717) is 0 Å². The number of pyridine rings is 1. The molecule has 1 aromatic heterocycles. The molecule has 2 aromatic carbocycles. The van der Waals surface area contributed by atoms with Gasteiger partial charge in [0.2, 0.25) is 5.91 Å². The Hall–Kier alpha value is -2.39. The van der Waals surface area contributed by atoms with Gasteiger partial charge in [0.15, 0.2) is 0 Å². The number of nitrogens with zero attached hydrogens (tertiary/aromatic N) is 1. The van der Waals surface area contributed by atoms with Crippen LogP contribution < -0.4 is 5.32 Å². The van der Waals surface area contributed by atoms with E-state index in [1.165, 1.54) is 12.0 Å². The zero-order valence-corrected chi connectivity index (χ0v) is 16.9. The molecule has 4 rings (SSSR count). The van der Waals surface area contributed by atoms with Gasteiger partial charge in [0.25, 0.3) is 0 Å². The Kier molecular flexibility index (Phi) is 5.36. The number of para-hydroxylation sites is 1. The number of carbonyl (C=O) groups excluding carboxylic acids is 1. The minimum atomic E-state index is -0.371. The van der Waals surface area contributed by atoms with E-state index in [1.807, 2.05) is 43.3 Å². The van der Waals surface area contributed by atoms with Crippen LogP contribution in [0.25, 0.3) is 10.9 Å². The van der Waals surface area contributed by atoms with E-state index >= 15 is 0 Å². The van der Waals surface area contributed by atoms with Crippen LogP contribution in [-0.2, 0) is 11.2 Å². The summed E-state index contributed by atoms with van der Waals surface area (Å²) in [6.07, 6.45) is 7.72. The zero-order chi connectivity index (χ0) is 19.6. The molecule has 1 saturated carbocycles. The summed E-state index contributed by atoms with van der Waals surface area (Å²) in [7, 11) is 0. The van der Waals surface area contributed by atoms with Crippen molar-refractivity contribution < 1.29 is 4.79 Å². The smallest absolute Gasteiger partial charge is 0.230 e. The molecule has 0 bridgehead atoms. The van der Waals surface area contributed by atoms with E-state index in [4.69, 9.17) is 11.6 Å². The molecule has 1 N–H and O–H groups in total. The number of rotatable bonds is 4. The molecule has 0 saturated heterocycles. The predicted molar refractivity (Wildman–Crippen MR) is 116 cm³/mol. The zero-order valence-electron chi connectivity index (χ0n) is 16.2. The highest BCUT2D eigenvalue weighted by molar-refractivity contribution is 6.31. The van der Waals surface area contributed by atoms with Gasteiger partial charge in [-0.2, -0.15) is 0 Å². The third kappa shape index (κ3) is 3.90. The van der Waals surface area contributed by atoms with Crippen LogP contribution in [0, 0.1) is 12.3 Å². The van der Waals surface area contributed by atoms with Crippen molar-refractivity contribution in [1.82, 2.24) is 4.98 Å². The van der Waals surface area contributed by atoms with Gasteiger partial charge in [-0.1, -0.05) is 61.2 Å². The number of benzene rings is 2. The standard InChI is InChI=1S/C24H25ClN2O/c1-17-13-18(9-10-21(17)25)15-24(11-5-2-6-12-24)23(28)27-20-14-19-7-3-4-8-22(19)26-16-20/h3-4,7-10,13-14,16H,2,5-6,11-12,15H2,1H3,(H,27,28). The van der Waals surface area contributed by atoms with Gasteiger partial charge >= 0.3 is 0 Å². The first kappa shape index (κ1) is 18.9. The summed E-state index contributed by atoms with van der Waals surface area (Å²) in [6, 6.07) is 16.1. The highest BCUT2D eigenvalue weighted by Crippen LogP contribution is 2.41. The van der Waals surface area contributed by atoms with E-state index in [2.05, 4.69) is 22.4 Å². The summed E-state index contributed by atoms with van der Waals surface area (Å²) in [4.78, 5) is 17.9. The number of nitrogens with one attached hydrogen (secondary N) is 1. The lowest BCUT2D eigenvalue weighted by molar-refractivity contribution is -0.127. The Morgan fingerprint density at radius 1 is 1.11 bits per heavy atom. The van der Waals surface area contributed by atoms with E-state index in [9.17, 15) is 4.79 Å². The molecule has 1 aliphatic carbocycles. The maximum absolute atomic E-state index is 13.4. The maximum atomic E-state index is 13.4. The number of anilines is 1. The fraction of sp³-hybridized carbons (Fsp3) is 0.333. The molecule has 1 fully saturated rings. The Morgan fingerprint density at radius 3 is 2.68 bits per heavy atom. The van der Waals surface area contributed by atoms with Crippen LogP contribution in [0.15, 0.2) is 54.7 Å². The van der Waals surface area contributed by atoms with Crippen LogP contribution in [0.5, 0.6) is 0 Å². The quantitative estimate of drug-likeness (QED) is 0.563. The lowest BCUT2D eigenvalue weighted by Crippen LogP contribution is -2.40. The average Bonchev–Trinajstić information content (AvgIpc) is 2.71. The maximum Gasteiger partial charge on any atom is 0.230 e. The Labute approximate surface area is 171 Å². The summed E-state index contributed by atoms with van der Waals surface area (Å²) in [5.41, 5.74) is 3.56. The lowest BCUT2D eigenvalue weighted by atomic mass is 9.69. The van der Waals surface area contributed by atoms with Crippen molar-refractivity contribution in [3.8, 4) is 0 Å². The van der Waals surface area contributed by atoms with Crippen molar-refractivity contribution in [1.29, 1.82) is 0 Å². The van der Waals surface area contributed by atoms with Gasteiger partial charge in [-0.25, -0.2) is 0 Å². The summed E-state index contributed by atoms with van der Waals surface area (Å²) in [5.74, 6) is 0.108. The molecular formula is C24H25ClN2O. The molecule has 0 unspecified atom stereocenters. The molecule has 0 aliphatic heterocycles. The summed E-state index contributed by atoms with van der Waals surface area (Å²) >= 11 is 6.19. The van der Waals surface area contributed by atoms with Crippen molar-refractivity contribution in [2.45, 2.75) is 45.4 Å². The molecule has 0 atom stereocenters. The fourth-order valence-corrected chi connectivity index (χ4v) is 4.44. The second-order valence-corrected chi connectivity index (χ2v) is 8.38. The second-order valence-electron chi connectivity index (χ2n) is 7.97. The minimum Gasteiger partial charge on any atom is -0.324 e. The molecule has 1 aliphatic rings. The van der Waals surface area contributed by atoms with Crippen molar-refractivity contribution in [2.24, 2.45) is 5.41 Å². The fourth-order valence-electron chi connectivity index (χ4n) is 4.32. The SMILES string of the molecule is Cc1cc(CC2(C(=O)Nc3cnc4ccccc4c3)CCCCC2)ccc1Cl. The molecule has 4 heteroatoms. The van der Waals surface area contributed by atoms with Gasteiger partial charge in [-0.15, -0.1) is 0 Å². The normalized spacial score (nSPS) is 16.1. The van der Waals surface area contributed by atoms with Crippen LogP contribution >= 0.6 is 11.6 Å². The summed E-state index contributed by atoms with van der Waals surface area (Å²) in [5, 5.41) is 4.97. The van der Waals surface area contributed by atoms with Crippen LogP contribution in [0.1, 0.15) is 43.2 Å². The van der Waals surface area contributed by atoms with Crippen LogP contribution in [-0.4, -0.2) is 10.9 Å². The van der Waals surface area contributed by atoms with Crippen molar-refractivity contribution in [3.63, 3.8) is 0 Å². The molecule has 3 aromatic rings. The van der Waals surface area contributed by atoms with Crippen molar-refractivity contribution >= 4 is 34.1 Å². The van der Waals surface area contributed by atoms with E-state index in [0.717, 1.165) is 59.3 Å². The van der Waals surface area contributed by atoms with Gasteiger partial charge < -0.3 is 5.32 Å². The molecule has 0 radical (unpaired) electrons. The van der Waals surface area contributed by atoms with Gasteiger partial charge in [-0.05, 0) is 55.5 Å². The van der Waals surface area contributed by atoms with Gasteiger partial charge in [0.05, 0.1) is 22.8 Å². The highest BCUT2D eigenvalue weighted by atomic mass is 35.5. The van der Waals surface area contributed by atoms with E-state index < -0.39 is 0 Å². The van der Waals surface area contributed by atoms with Crippen molar-refractivity contribution in [2.75, 3.05) is 5.32 Å². The molecule has 1 heterocycles. The largest absolute Gasteiger partial charge is 0.324 e. The number of carbonyl (C=O) groups is 1. The Balaban J connectivity index is 1.60. The number of amides is 1. The molecule has 1 amide bonds. The number of aryl methyl sites for hydroxylation is 1. The summed E-state index contributed by atoms with van der Waals surface area (Å²) in [6.45, 7) is 2.01. The number of aromatic nitrogens is 1. The number of hydrogen-bond donors (Lipinski definition) is 1. The topological polar surface area (TPSA) is 42.0 Å². The van der Waals surface area contributed by atoms with Crippen LogP contribution in [0.4, 0.5) is 5.69 Å². The van der Waals surface area contributed by atoms with E-state index in [-0.39, 0.29) is 11.3 Å². The lowest BCUT2D eigenvalue weighted by Gasteiger charge is -2.36. The third-order valence-corrected chi connectivity index (χ3v) is 6.33. The summed E-state index contributed by atoms with van der Waals surface area (Å²) < 4.78 is 0. The van der Waals surface area contributed by atoms with Crippen LogP contribution in [0.3, 0.4) is 0 Å². The molecular weight excluding hydrogens is 368 g/mol. The highest BCUT2D eigenvalue weighted by Gasteiger charge is 2.39. The number of halogens is 1. The van der Waals surface area contributed by atoms with Gasteiger partial charge in [-0.3, -0.25) is 9.78 Å². The molecule has 0 spiro atoms. The third-order valence-electron chi connectivity index (χ3n) is 5.91. The predicted octanol–water partition coefficient (Wildman–Crippen LogP) is 6.33. The molecule has 28 heavy (non-hydrogen) atoms.